The van der Waals surface area contributed by atoms with Gasteiger partial charge in [-0.25, -0.2) is 0 Å². The van der Waals surface area contributed by atoms with E-state index >= 15 is 0 Å². The lowest BCUT2D eigenvalue weighted by Crippen LogP contribution is -2.19. The summed E-state index contributed by atoms with van der Waals surface area (Å²) in [5.74, 6) is -0.514. The Kier molecular flexibility index (Phi) is 6.05. The van der Waals surface area contributed by atoms with E-state index in [0.717, 1.165) is 15.9 Å². The van der Waals surface area contributed by atoms with Gasteiger partial charge < -0.3 is 14.6 Å². The molecule has 9 heteroatoms. The molecule has 0 saturated carbocycles. The van der Waals surface area contributed by atoms with E-state index in [1.807, 2.05) is 36.6 Å². The lowest BCUT2D eigenvalue weighted by Gasteiger charge is -2.05. The first-order valence-corrected chi connectivity index (χ1v) is 9.78. The van der Waals surface area contributed by atoms with Crippen molar-refractivity contribution in [2.75, 3.05) is 19.0 Å². The van der Waals surface area contributed by atoms with Gasteiger partial charge in [-0.2, -0.15) is 10.1 Å². The van der Waals surface area contributed by atoms with Gasteiger partial charge in [0.2, 0.25) is 5.91 Å². The van der Waals surface area contributed by atoms with E-state index in [1.54, 1.807) is 17.9 Å². The Morgan fingerprint density at radius 2 is 2.11 bits per heavy atom. The van der Waals surface area contributed by atoms with Crippen molar-refractivity contribution in [1.82, 2.24) is 14.3 Å². The molecule has 1 N–H and O–H groups in total. The zero-order chi connectivity index (χ0) is 20.3. The fourth-order valence-corrected chi connectivity index (χ4v) is 4.01. The minimum Gasteiger partial charge on any atom is -0.383 e. The molecule has 3 aromatic rings. The largest absolute Gasteiger partial charge is 0.383 e. The van der Waals surface area contributed by atoms with Crippen molar-refractivity contribution < 1.29 is 14.3 Å². The number of nitrogens with one attached hydrogen (secondary N) is 1. The number of benzene rings is 1. The number of hydrogen-bond donors (Lipinski definition) is 1. The van der Waals surface area contributed by atoms with Crippen LogP contribution in [0.2, 0.25) is 0 Å². The summed E-state index contributed by atoms with van der Waals surface area (Å²) in [5.41, 5.74) is 2.88. The normalized spacial score (nSPS) is 11.9. The molecule has 0 aliphatic carbocycles. The van der Waals surface area contributed by atoms with Gasteiger partial charge in [0.25, 0.3) is 5.91 Å². The highest BCUT2D eigenvalue weighted by Gasteiger charge is 2.13. The maximum atomic E-state index is 12.7. The molecule has 148 valence electrons. The van der Waals surface area contributed by atoms with Crippen LogP contribution >= 0.6 is 11.3 Å². The lowest BCUT2D eigenvalue weighted by molar-refractivity contribution is -0.114. The number of anilines is 1. The van der Waals surface area contributed by atoms with E-state index in [1.165, 1.54) is 18.3 Å². The number of hydrogen-bond acceptors (Lipinski definition) is 5. The Labute approximate surface area is 166 Å². The molecule has 0 radical (unpaired) electrons. The van der Waals surface area contributed by atoms with Gasteiger partial charge in [-0.05, 0) is 38.1 Å². The molecule has 0 aliphatic heterocycles. The van der Waals surface area contributed by atoms with Crippen molar-refractivity contribution in [3.8, 4) is 0 Å². The van der Waals surface area contributed by atoms with Crippen LogP contribution in [0.3, 0.4) is 0 Å². The highest BCUT2D eigenvalue weighted by Crippen LogP contribution is 2.22. The van der Waals surface area contributed by atoms with E-state index in [0.29, 0.717) is 35.9 Å². The van der Waals surface area contributed by atoms with Crippen LogP contribution in [0, 0.1) is 6.92 Å². The topological polar surface area (TPSA) is 90.5 Å². The summed E-state index contributed by atoms with van der Waals surface area (Å²) < 4.78 is 9.84. The molecule has 0 spiro atoms. The number of ether oxygens (including phenoxy) is 1. The van der Waals surface area contributed by atoms with Crippen molar-refractivity contribution in [3.63, 3.8) is 0 Å². The van der Waals surface area contributed by atoms with E-state index < -0.39 is 0 Å². The first-order chi connectivity index (χ1) is 13.4. The first-order valence-electron chi connectivity index (χ1n) is 8.96. The van der Waals surface area contributed by atoms with Crippen LogP contribution < -0.4 is 10.1 Å². The molecular weight excluding hydrogens is 378 g/mol. The Hall–Kier alpha value is -2.78. The van der Waals surface area contributed by atoms with Crippen LogP contribution in [0.1, 0.15) is 30.0 Å². The molecule has 3 rings (SSSR count). The van der Waals surface area contributed by atoms with E-state index in [4.69, 9.17) is 4.74 Å². The fourth-order valence-electron chi connectivity index (χ4n) is 2.92. The second-order valence-electron chi connectivity index (χ2n) is 6.30. The second-order valence-corrected chi connectivity index (χ2v) is 7.31. The SMILES string of the molecule is CCn1nc(C(=O)N=c2sc3cc(NC(C)=O)ccc3n2CCOC)cc1C. The number of aryl methyl sites for hydroxylation is 2. The predicted molar refractivity (Wildman–Crippen MR) is 109 cm³/mol. The minimum absolute atomic E-state index is 0.134. The molecule has 2 heterocycles. The second kappa shape index (κ2) is 8.49. The number of carbonyl (C=O) groups is 2. The number of aromatic nitrogens is 3. The number of rotatable bonds is 6. The Morgan fingerprint density at radius 3 is 2.75 bits per heavy atom. The van der Waals surface area contributed by atoms with Crippen LogP contribution in [-0.4, -0.2) is 39.9 Å². The summed E-state index contributed by atoms with van der Waals surface area (Å²) in [6, 6.07) is 7.37. The monoisotopic (exact) mass is 401 g/mol. The predicted octanol–water partition coefficient (Wildman–Crippen LogP) is 2.57. The summed E-state index contributed by atoms with van der Waals surface area (Å²) >= 11 is 1.39. The van der Waals surface area contributed by atoms with Gasteiger partial charge in [-0.15, -0.1) is 0 Å². The van der Waals surface area contributed by atoms with Gasteiger partial charge in [0, 0.05) is 38.5 Å². The van der Waals surface area contributed by atoms with Gasteiger partial charge in [0.15, 0.2) is 10.5 Å². The number of carbonyl (C=O) groups excluding carboxylic acids is 2. The van der Waals surface area contributed by atoms with Gasteiger partial charge in [-0.3, -0.25) is 14.3 Å². The highest BCUT2D eigenvalue weighted by molar-refractivity contribution is 7.16. The fraction of sp³-hybridized carbons (Fsp3) is 0.368. The number of amides is 2. The minimum atomic E-state index is -0.380. The van der Waals surface area contributed by atoms with Crippen molar-refractivity contribution in [3.05, 3.63) is 40.5 Å². The maximum absolute atomic E-state index is 12.7. The Morgan fingerprint density at radius 1 is 1.32 bits per heavy atom. The standard InChI is InChI=1S/C19H23N5O3S/c1-5-24-12(2)10-15(22-24)18(26)21-19-23(8-9-27-4)16-7-6-14(20-13(3)25)11-17(16)28-19/h6-7,10-11H,5,8-9H2,1-4H3,(H,20,25). The Bertz CT molecular complexity index is 1090. The van der Waals surface area contributed by atoms with E-state index in [-0.39, 0.29) is 11.8 Å². The van der Waals surface area contributed by atoms with Gasteiger partial charge in [0.05, 0.1) is 16.8 Å². The van der Waals surface area contributed by atoms with Crippen LogP contribution in [0.25, 0.3) is 10.2 Å². The number of nitrogens with zero attached hydrogens (tertiary/aromatic N) is 4. The summed E-state index contributed by atoms with van der Waals surface area (Å²) in [6.07, 6.45) is 0. The molecule has 0 aliphatic rings. The molecule has 0 unspecified atom stereocenters. The van der Waals surface area contributed by atoms with Gasteiger partial charge >= 0.3 is 0 Å². The van der Waals surface area contributed by atoms with Crippen LogP contribution in [0.4, 0.5) is 5.69 Å². The zero-order valence-electron chi connectivity index (χ0n) is 16.4. The molecule has 2 amide bonds. The molecule has 0 fully saturated rings. The summed E-state index contributed by atoms with van der Waals surface area (Å²) in [4.78, 5) is 28.9. The average molecular weight is 401 g/mol. The van der Waals surface area contributed by atoms with Gasteiger partial charge in [0.1, 0.15) is 0 Å². The van der Waals surface area contributed by atoms with Crippen molar-refractivity contribution >= 4 is 39.1 Å². The maximum Gasteiger partial charge on any atom is 0.300 e. The highest BCUT2D eigenvalue weighted by atomic mass is 32.1. The molecule has 1 aromatic carbocycles. The molecule has 0 bridgehead atoms. The molecule has 28 heavy (non-hydrogen) atoms. The molecule has 8 nitrogen and oxygen atoms in total. The van der Waals surface area contributed by atoms with Crippen molar-refractivity contribution in [1.29, 1.82) is 0 Å². The third-order valence-corrected chi connectivity index (χ3v) is 5.26. The van der Waals surface area contributed by atoms with Crippen LogP contribution in [0.5, 0.6) is 0 Å². The van der Waals surface area contributed by atoms with E-state index in [2.05, 4.69) is 15.4 Å². The summed E-state index contributed by atoms with van der Waals surface area (Å²) in [6.45, 7) is 7.10. The smallest absolute Gasteiger partial charge is 0.300 e. The number of fused-ring (bicyclic) bond motifs is 1. The number of thiazole rings is 1. The lowest BCUT2D eigenvalue weighted by atomic mass is 10.3. The third-order valence-electron chi connectivity index (χ3n) is 4.22. The summed E-state index contributed by atoms with van der Waals surface area (Å²) in [7, 11) is 1.63. The molecule has 2 aromatic heterocycles. The third kappa shape index (κ3) is 4.20. The van der Waals surface area contributed by atoms with Crippen LogP contribution in [-0.2, 0) is 22.6 Å². The first kappa shape index (κ1) is 20.0. The molecule has 0 atom stereocenters. The average Bonchev–Trinajstić information content (AvgIpc) is 3.19. The van der Waals surface area contributed by atoms with E-state index in [9.17, 15) is 9.59 Å². The van der Waals surface area contributed by atoms with Crippen LogP contribution in [0.15, 0.2) is 29.3 Å². The molecular formula is C19H23N5O3S. The van der Waals surface area contributed by atoms with Gasteiger partial charge in [-0.1, -0.05) is 11.3 Å². The Balaban J connectivity index is 2.07. The summed E-state index contributed by atoms with van der Waals surface area (Å²) in [5, 5.41) is 7.09. The molecule has 0 saturated heterocycles. The van der Waals surface area contributed by atoms with Crippen molar-refractivity contribution in [2.24, 2.45) is 4.99 Å². The quantitative estimate of drug-likeness (QED) is 0.687. The zero-order valence-corrected chi connectivity index (χ0v) is 17.2. The number of methoxy groups -OCH3 is 1. The van der Waals surface area contributed by atoms with Crippen molar-refractivity contribution in [2.45, 2.75) is 33.9 Å².